The van der Waals surface area contributed by atoms with E-state index in [1.54, 1.807) is 0 Å². The molecule has 1 aliphatic heterocycles. The molecule has 1 heterocycles. The van der Waals surface area contributed by atoms with Crippen molar-refractivity contribution in [2.45, 2.75) is 19.4 Å². The molecule has 274 valence electrons. The number of fused-ring (bicyclic) bond motifs is 4. The van der Waals surface area contributed by atoms with E-state index < -0.39 is 0 Å². The van der Waals surface area contributed by atoms with Crippen molar-refractivity contribution in [3.63, 3.8) is 0 Å². The van der Waals surface area contributed by atoms with Gasteiger partial charge in [-0.25, -0.2) is 0 Å². The molecule has 0 aliphatic carbocycles. The molecule has 57 heavy (non-hydrogen) atoms. The summed E-state index contributed by atoms with van der Waals surface area (Å²) in [6, 6.07) is 61.1. The Balaban J connectivity index is 1.03. The molecule has 0 bridgehead atoms. The molecule has 0 saturated heterocycles. The van der Waals surface area contributed by atoms with Crippen molar-refractivity contribution >= 4 is 37.9 Å². The zero-order valence-corrected chi connectivity index (χ0v) is 32.1. The first kappa shape index (κ1) is 35.5. The van der Waals surface area contributed by atoms with Gasteiger partial charge in [0.1, 0.15) is 0 Å². The molecule has 9 rings (SSSR count). The van der Waals surface area contributed by atoms with Crippen molar-refractivity contribution in [1.82, 2.24) is 5.32 Å². The van der Waals surface area contributed by atoms with Gasteiger partial charge in [0, 0.05) is 5.57 Å². The minimum absolute atomic E-state index is 0.0834. The summed E-state index contributed by atoms with van der Waals surface area (Å²) in [6.45, 7) is 6.37. The SMILES string of the molecule is C=C(/C=C\Cc1ccc2ccccc2c1)\C=C/C(N)=C1\NC(c2ccc(-c3c4ccccc4c(-c4ccccc4)c4ccccc34)cc2)c2ccccc2\C1=C\C. The van der Waals surface area contributed by atoms with Crippen LogP contribution in [0.25, 0.3) is 60.1 Å². The van der Waals surface area contributed by atoms with Gasteiger partial charge in [-0.3, -0.25) is 0 Å². The van der Waals surface area contributed by atoms with Gasteiger partial charge in [0.2, 0.25) is 0 Å². The monoisotopic (exact) mass is 732 g/mol. The van der Waals surface area contributed by atoms with Crippen molar-refractivity contribution in [2.24, 2.45) is 5.73 Å². The van der Waals surface area contributed by atoms with Crippen molar-refractivity contribution in [3.05, 3.63) is 246 Å². The summed E-state index contributed by atoms with van der Waals surface area (Å²) in [5.41, 5.74) is 20.3. The summed E-state index contributed by atoms with van der Waals surface area (Å²) in [5, 5.41) is 11.4. The van der Waals surface area contributed by atoms with Crippen LogP contribution in [0.2, 0.25) is 0 Å². The summed E-state index contributed by atoms with van der Waals surface area (Å²) >= 11 is 0. The molecule has 2 heteroatoms. The average molecular weight is 733 g/mol. The lowest BCUT2D eigenvalue weighted by Gasteiger charge is -2.33. The number of nitrogens with one attached hydrogen (secondary N) is 1. The van der Waals surface area contributed by atoms with Gasteiger partial charge in [-0.15, -0.1) is 0 Å². The van der Waals surface area contributed by atoms with Gasteiger partial charge in [-0.2, -0.15) is 0 Å². The number of nitrogens with two attached hydrogens (primary N) is 1. The molecule has 0 fully saturated rings. The molecular formula is C55H44N2. The van der Waals surface area contributed by atoms with E-state index in [0.717, 1.165) is 23.3 Å². The molecule has 1 aliphatic rings. The second kappa shape index (κ2) is 15.5. The third-order valence-corrected chi connectivity index (χ3v) is 11.2. The molecule has 8 aromatic carbocycles. The standard InChI is InChI=1S/C55H44N2/c1-3-44-45-22-9-14-27-50(45)54(57-55(44)51(56)35-28-37(2)16-15-17-38-29-30-39-18-7-8-21-43(39)36-38)42-33-31-41(32-34-42)53-48-25-12-10-23-46(48)52(40-19-5-4-6-20-40)47-24-11-13-26-49(47)53/h3-16,18-36,54,57H,2,17,56H2,1H3/b16-15-,35-28-,44-3-,55-51+. The fourth-order valence-electron chi connectivity index (χ4n) is 8.48. The van der Waals surface area contributed by atoms with E-state index in [1.807, 2.05) is 12.2 Å². The normalized spacial score (nSPS) is 15.7. The highest BCUT2D eigenvalue weighted by molar-refractivity contribution is 6.21. The molecule has 1 atom stereocenters. The summed E-state index contributed by atoms with van der Waals surface area (Å²) in [6.07, 6.45) is 11.2. The van der Waals surface area contributed by atoms with Crippen LogP contribution in [0.1, 0.15) is 35.2 Å². The van der Waals surface area contributed by atoms with Crippen LogP contribution in [0.15, 0.2) is 224 Å². The van der Waals surface area contributed by atoms with Crippen LogP contribution in [0, 0.1) is 0 Å². The highest BCUT2D eigenvalue weighted by atomic mass is 15.0. The topological polar surface area (TPSA) is 38.0 Å². The minimum atomic E-state index is -0.0834. The largest absolute Gasteiger partial charge is 0.397 e. The predicted octanol–water partition coefficient (Wildman–Crippen LogP) is 13.7. The zero-order chi connectivity index (χ0) is 38.7. The van der Waals surface area contributed by atoms with Gasteiger partial charge in [-0.05, 0) is 102 Å². The Morgan fingerprint density at radius 1 is 0.596 bits per heavy atom. The Hall–Kier alpha value is -7.16. The van der Waals surface area contributed by atoms with Crippen LogP contribution >= 0.6 is 0 Å². The van der Waals surface area contributed by atoms with Crippen LogP contribution in [0.5, 0.6) is 0 Å². The van der Waals surface area contributed by atoms with Crippen LogP contribution in [-0.2, 0) is 6.42 Å². The van der Waals surface area contributed by atoms with E-state index in [4.69, 9.17) is 5.73 Å². The van der Waals surface area contributed by atoms with E-state index in [2.05, 4.69) is 207 Å². The number of hydrogen-bond donors (Lipinski definition) is 2. The first-order valence-electron chi connectivity index (χ1n) is 19.7. The Morgan fingerprint density at radius 3 is 1.84 bits per heavy atom. The Labute approximate surface area is 335 Å². The van der Waals surface area contributed by atoms with Crippen LogP contribution in [0.3, 0.4) is 0 Å². The summed E-state index contributed by atoms with van der Waals surface area (Å²) in [4.78, 5) is 0. The molecule has 2 nitrogen and oxygen atoms in total. The highest BCUT2D eigenvalue weighted by Gasteiger charge is 2.28. The molecule has 3 N–H and O–H groups in total. The second-order valence-corrected chi connectivity index (χ2v) is 14.7. The van der Waals surface area contributed by atoms with E-state index >= 15 is 0 Å². The van der Waals surface area contributed by atoms with E-state index in [9.17, 15) is 0 Å². The average Bonchev–Trinajstić information content (AvgIpc) is 3.27. The lowest BCUT2D eigenvalue weighted by Crippen LogP contribution is -2.30. The van der Waals surface area contributed by atoms with Crippen molar-refractivity contribution < 1.29 is 0 Å². The maximum absolute atomic E-state index is 6.92. The van der Waals surface area contributed by atoms with Gasteiger partial charge in [-0.1, -0.05) is 201 Å². The fourth-order valence-corrected chi connectivity index (χ4v) is 8.48. The molecule has 0 spiro atoms. The van der Waals surface area contributed by atoms with Crippen molar-refractivity contribution in [1.29, 1.82) is 0 Å². The molecule has 0 amide bonds. The highest BCUT2D eigenvalue weighted by Crippen LogP contribution is 2.44. The van der Waals surface area contributed by atoms with E-state index in [1.165, 1.54) is 76.8 Å². The maximum atomic E-state index is 6.92. The quantitative estimate of drug-likeness (QED) is 0.121. The van der Waals surface area contributed by atoms with Crippen LogP contribution in [0.4, 0.5) is 0 Å². The van der Waals surface area contributed by atoms with Crippen LogP contribution < -0.4 is 11.1 Å². The van der Waals surface area contributed by atoms with Gasteiger partial charge in [0.15, 0.2) is 0 Å². The Morgan fingerprint density at radius 2 is 1.18 bits per heavy atom. The van der Waals surface area contributed by atoms with E-state index in [0.29, 0.717) is 5.70 Å². The van der Waals surface area contributed by atoms with Gasteiger partial charge in [0.25, 0.3) is 0 Å². The summed E-state index contributed by atoms with van der Waals surface area (Å²) < 4.78 is 0. The number of rotatable bonds is 8. The molecule has 0 saturated carbocycles. The first-order valence-corrected chi connectivity index (χ1v) is 19.7. The molecule has 0 aromatic heterocycles. The lowest BCUT2D eigenvalue weighted by molar-refractivity contribution is 0.686. The Bertz CT molecular complexity index is 2870. The minimum Gasteiger partial charge on any atom is -0.397 e. The second-order valence-electron chi connectivity index (χ2n) is 14.7. The fraction of sp³-hybridized carbons (Fsp3) is 0.0545. The predicted molar refractivity (Wildman–Crippen MR) is 244 cm³/mol. The summed E-state index contributed by atoms with van der Waals surface area (Å²) in [5.74, 6) is 0. The third kappa shape index (κ3) is 6.88. The molecule has 0 radical (unpaired) electrons. The van der Waals surface area contributed by atoms with Crippen molar-refractivity contribution in [3.8, 4) is 22.3 Å². The van der Waals surface area contributed by atoms with Crippen molar-refractivity contribution in [2.75, 3.05) is 0 Å². The summed E-state index contributed by atoms with van der Waals surface area (Å²) in [7, 11) is 0. The van der Waals surface area contributed by atoms with Gasteiger partial charge < -0.3 is 11.1 Å². The number of hydrogen-bond acceptors (Lipinski definition) is 2. The molecule has 8 aromatic rings. The molecular weight excluding hydrogens is 689 g/mol. The van der Waals surface area contributed by atoms with Crippen LogP contribution in [-0.4, -0.2) is 0 Å². The number of allylic oxidation sites excluding steroid dienone is 7. The van der Waals surface area contributed by atoms with Gasteiger partial charge in [0.05, 0.1) is 17.4 Å². The number of benzene rings is 8. The zero-order valence-electron chi connectivity index (χ0n) is 32.1. The third-order valence-electron chi connectivity index (χ3n) is 11.2. The maximum Gasteiger partial charge on any atom is 0.0774 e. The van der Waals surface area contributed by atoms with E-state index in [-0.39, 0.29) is 6.04 Å². The molecule has 1 unspecified atom stereocenters. The Kier molecular flexibility index (Phi) is 9.68. The first-order chi connectivity index (χ1) is 28.1. The lowest BCUT2D eigenvalue weighted by atomic mass is 9.83. The van der Waals surface area contributed by atoms with Gasteiger partial charge >= 0.3 is 0 Å². The smallest absolute Gasteiger partial charge is 0.0774 e.